The van der Waals surface area contributed by atoms with Gasteiger partial charge >= 0.3 is 0 Å². The number of non-ortho nitro benzene ring substituents is 1. The molecule has 25 heavy (non-hydrogen) atoms. The number of aromatic nitrogens is 3. The molecule has 0 aliphatic carbocycles. The lowest BCUT2D eigenvalue weighted by Crippen LogP contribution is -2.21. The summed E-state index contributed by atoms with van der Waals surface area (Å²) in [5.41, 5.74) is 1.65. The number of fused-ring (bicyclic) bond motifs is 1. The minimum absolute atomic E-state index is 0.0188. The molecule has 1 aliphatic rings. The van der Waals surface area contributed by atoms with Crippen molar-refractivity contribution < 1.29 is 9.31 Å². The van der Waals surface area contributed by atoms with Gasteiger partial charge in [-0.1, -0.05) is 30.3 Å². The van der Waals surface area contributed by atoms with E-state index >= 15 is 0 Å². The van der Waals surface area contributed by atoms with Crippen molar-refractivity contribution in [1.29, 1.82) is 0 Å². The van der Waals surface area contributed by atoms with Crippen LogP contribution in [0.15, 0.2) is 60.9 Å². The van der Waals surface area contributed by atoms with Crippen LogP contribution < -0.4 is 5.32 Å². The van der Waals surface area contributed by atoms with Gasteiger partial charge in [0.2, 0.25) is 5.95 Å². The molecule has 1 aromatic heterocycles. The highest BCUT2D eigenvalue weighted by Crippen LogP contribution is 2.33. The quantitative estimate of drug-likeness (QED) is 0.585. The van der Waals surface area contributed by atoms with E-state index in [2.05, 4.69) is 15.4 Å². The minimum atomic E-state index is -0.505. The molecule has 0 bridgehead atoms. The second kappa shape index (κ2) is 5.82. The Labute approximate surface area is 141 Å². The molecule has 4 rings (SSSR count). The number of hydrogen-bond donors (Lipinski definition) is 1. The van der Waals surface area contributed by atoms with Crippen LogP contribution in [-0.4, -0.2) is 19.7 Å². The van der Waals surface area contributed by atoms with E-state index in [1.54, 1.807) is 41.1 Å². The number of nitro benzene ring substituents is 1. The SMILES string of the molecule is O=[N+]([O-])c1cccc(C2=C[C@@H](c3ccccc3F)n3ncnc3N2)c1. The van der Waals surface area contributed by atoms with Crippen molar-refractivity contribution in [3.05, 3.63) is 88.0 Å². The van der Waals surface area contributed by atoms with E-state index in [0.29, 0.717) is 22.8 Å². The van der Waals surface area contributed by atoms with Crippen LogP contribution in [-0.2, 0) is 0 Å². The second-order valence-electron chi connectivity index (χ2n) is 5.51. The summed E-state index contributed by atoms with van der Waals surface area (Å²) in [6.45, 7) is 0. The van der Waals surface area contributed by atoms with Crippen molar-refractivity contribution in [1.82, 2.24) is 14.8 Å². The molecule has 2 heterocycles. The highest BCUT2D eigenvalue weighted by Gasteiger charge is 2.25. The second-order valence-corrected chi connectivity index (χ2v) is 5.51. The first-order valence-corrected chi connectivity index (χ1v) is 7.51. The first-order chi connectivity index (χ1) is 12.1. The third kappa shape index (κ3) is 2.63. The fourth-order valence-electron chi connectivity index (χ4n) is 2.83. The van der Waals surface area contributed by atoms with Gasteiger partial charge in [-0.15, -0.1) is 0 Å². The number of anilines is 1. The van der Waals surface area contributed by atoms with Crippen molar-refractivity contribution in [3.8, 4) is 0 Å². The summed E-state index contributed by atoms with van der Waals surface area (Å²) in [6, 6.07) is 12.2. The van der Waals surface area contributed by atoms with E-state index in [4.69, 9.17) is 0 Å². The van der Waals surface area contributed by atoms with Crippen molar-refractivity contribution in [2.45, 2.75) is 6.04 Å². The average molecular weight is 337 g/mol. The Balaban J connectivity index is 1.83. The Morgan fingerprint density at radius 3 is 2.84 bits per heavy atom. The summed E-state index contributed by atoms with van der Waals surface area (Å²) in [7, 11) is 0. The maximum Gasteiger partial charge on any atom is 0.270 e. The number of halogens is 1. The molecule has 0 spiro atoms. The lowest BCUT2D eigenvalue weighted by atomic mass is 10.0. The molecule has 8 heteroatoms. The van der Waals surface area contributed by atoms with Crippen LogP contribution in [0.3, 0.4) is 0 Å². The lowest BCUT2D eigenvalue weighted by molar-refractivity contribution is -0.384. The van der Waals surface area contributed by atoms with Crippen LogP contribution in [0.25, 0.3) is 5.70 Å². The van der Waals surface area contributed by atoms with Gasteiger partial charge in [-0.25, -0.2) is 9.07 Å². The largest absolute Gasteiger partial charge is 0.324 e. The number of benzene rings is 2. The molecule has 2 aromatic carbocycles. The Hall–Kier alpha value is -3.55. The van der Waals surface area contributed by atoms with Crippen LogP contribution in [0, 0.1) is 15.9 Å². The predicted molar refractivity (Wildman–Crippen MR) is 89.3 cm³/mol. The Morgan fingerprint density at radius 1 is 1.20 bits per heavy atom. The van der Waals surface area contributed by atoms with Gasteiger partial charge in [0, 0.05) is 29.0 Å². The molecule has 124 valence electrons. The molecule has 1 aliphatic heterocycles. The maximum atomic E-state index is 14.3. The summed E-state index contributed by atoms with van der Waals surface area (Å²) < 4.78 is 15.8. The van der Waals surface area contributed by atoms with Crippen LogP contribution in [0.5, 0.6) is 0 Å². The van der Waals surface area contributed by atoms with Crippen LogP contribution in [0.1, 0.15) is 17.2 Å². The first kappa shape index (κ1) is 15.0. The molecule has 3 aromatic rings. The molecule has 0 saturated heterocycles. The summed E-state index contributed by atoms with van der Waals surface area (Å²) in [4.78, 5) is 14.7. The number of rotatable bonds is 3. The van der Waals surface area contributed by atoms with Crippen molar-refractivity contribution >= 4 is 17.3 Å². The summed E-state index contributed by atoms with van der Waals surface area (Å²) in [5.74, 6) is 0.0859. The standard InChI is InChI=1S/C17H12FN5O2/c18-14-7-2-1-6-13(14)16-9-15(21-17-19-10-20-22(16)17)11-4-3-5-12(8-11)23(24)25/h1-10,16H,(H,19,20,21)/t16-/m0/s1. The van der Waals surface area contributed by atoms with E-state index in [1.807, 2.05) is 0 Å². The number of hydrogen-bond acceptors (Lipinski definition) is 5. The number of nitro groups is 1. The molecule has 0 amide bonds. The van der Waals surface area contributed by atoms with Gasteiger partial charge in [-0.05, 0) is 12.1 Å². The molecule has 0 saturated carbocycles. The minimum Gasteiger partial charge on any atom is -0.324 e. The van der Waals surface area contributed by atoms with Crippen LogP contribution in [0.4, 0.5) is 16.0 Å². The smallest absolute Gasteiger partial charge is 0.270 e. The molecular formula is C17H12FN5O2. The maximum absolute atomic E-state index is 14.3. The summed E-state index contributed by atoms with van der Waals surface area (Å²) in [5, 5.41) is 18.3. The number of nitrogens with one attached hydrogen (secondary N) is 1. The monoisotopic (exact) mass is 337 g/mol. The normalized spacial score (nSPS) is 15.9. The van der Waals surface area contributed by atoms with Crippen molar-refractivity contribution in [2.24, 2.45) is 0 Å². The molecule has 0 fully saturated rings. The Kier molecular flexibility index (Phi) is 3.50. The molecule has 1 atom stereocenters. The van der Waals surface area contributed by atoms with E-state index in [1.165, 1.54) is 24.5 Å². The van der Waals surface area contributed by atoms with E-state index < -0.39 is 11.0 Å². The topological polar surface area (TPSA) is 85.9 Å². The zero-order valence-corrected chi connectivity index (χ0v) is 12.8. The predicted octanol–water partition coefficient (Wildman–Crippen LogP) is 3.38. The van der Waals surface area contributed by atoms with E-state index in [-0.39, 0.29) is 11.5 Å². The van der Waals surface area contributed by atoms with Crippen molar-refractivity contribution in [2.75, 3.05) is 5.32 Å². The molecule has 7 nitrogen and oxygen atoms in total. The van der Waals surface area contributed by atoms with E-state index in [9.17, 15) is 14.5 Å². The van der Waals surface area contributed by atoms with E-state index in [0.717, 1.165) is 0 Å². The lowest BCUT2D eigenvalue weighted by Gasteiger charge is -2.24. The highest BCUT2D eigenvalue weighted by molar-refractivity contribution is 5.78. The highest BCUT2D eigenvalue weighted by atomic mass is 19.1. The fraction of sp³-hybridized carbons (Fsp3) is 0.0588. The Morgan fingerprint density at radius 2 is 2.04 bits per heavy atom. The number of allylic oxidation sites excluding steroid dienone is 1. The number of nitrogens with zero attached hydrogens (tertiary/aromatic N) is 4. The average Bonchev–Trinajstić information content (AvgIpc) is 3.10. The van der Waals surface area contributed by atoms with Gasteiger partial charge in [0.25, 0.3) is 5.69 Å². The summed E-state index contributed by atoms with van der Waals surface area (Å²) in [6.07, 6.45) is 3.15. The zero-order chi connectivity index (χ0) is 17.4. The Bertz CT molecular complexity index is 998. The van der Waals surface area contributed by atoms with Gasteiger partial charge in [0.15, 0.2) is 0 Å². The van der Waals surface area contributed by atoms with Gasteiger partial charge in [-0.3, -0.25) is 10.1 Å². The molecule has 0 unspecified atom stereocenters. The van der Waals surface area contributed by atoms with Gasteiger partial charge in [-0.2, -0.15) is 10.1 Å². The van der Waals surface area contributed by atoms with Gasteiger partial charge in [0.05, 0.1) is 4.92 Å². The molecule has 1 N–H and O–H groups in total. The molecule has 0 radical (unpaired) electrons. The zero-order valence-electron chi connectivity index (χ0n) is 12.8. The first-order valence-electron chi connectivity index (χ1n) is 7.51. The van der Waals surface area contributed by atoms with Gasteiger partial charge in [0.1, 0.15) is 18.2 Å². The van der Waals surface area contributed by atoms with Crippen molar-refractivity contribution in [3.63, 3.8) is 0 Å². The fourth-order valence-corrected chi connectivity index (χ4v) is 2.83. The molecular weight excluding hydrogens is 325 g/mol. The van der Waals surface area contributed by atoms with Crippen LogP contribution in [0.2, 0.25) is 0 Å². The third-order valence-corrected chi connectivity index (χ3v) is 4.00. The van der Waals surface area contributed by atoms with Crippen LogP contribution >= 0.6 is 0 Å². The summed E-state index contributed by atoms with van der Waals surface area (Å²) >= 11 is 0. The van der Waals surface area contributed by atoms with Gasteiger partial charge < -0.3 is 5.32 Å². The third-order valence-electron chi connectivity index (χ3n) is 4.00.